The fraction of sp³-hybridized carbons (Fsp3) is 0.167. The van der Waals surface area contributed by atoms with Crippen LogP contribution in [0.2, 0.25) is 0 Å². The van der Waals surface area contributed by atoms with Crippen LogP contribution >= 0.6 is 0 Å². The normalized spacial score (nSPS) is 23.4. The summed E-state index contributed by atoms with van der Waals surface area (Å²) in [6, 6.07) is 28.4. The van der Waals surface area contributed by atoms with Crippen molar-refractivity contribution in [2.24, 2.45) is 5.92 Å². The zero-order valence-corrected chi connectivity index (χ0v) is 15.0. The SMILES string of the molecule is COC(=O)[C@@]1(c2ccccc2)[C@@H](C(=O)c2ccccc2)[C@@H]1c1ccccc1. The summed E-state index contributed by atoms with van der Waals surface area (Å²) in [4.78, 5) is 26.4. The smallest absolute Gasteiger partial charge is 0.317 e. The van der Waals surface area contributed by atoms with Gasteiger partial charge in [0.2, 0.25) is 0 Å². The van der Waals surface area contributed by atoms with Gasteiger partial charge in [-0.3, -0.25) is 9.59 Å². The maximum atomic E-state index is 13.4. The van der Waals surface area contributed by atoms with E-state index in [0.717, 1.165) is 11.1 Å². The summed E-state index contributed by atoms with van der Waals surface area (Å²) in [6.45, 7) is 0. The predicted molar refractivity (Wildman–Crippen MR) is 104 cm³/mol. The van der Waals surface area contributed by atoms with Gasteiger partial charge in [0.25, 0.3) is 0 Å². The van der Waals surface area contributed by atoms with Gasteiger partial charge in [0.1, 0.15) is 5.41 Å². The monoisotopic (exact) mass is 356 g/mol. The van der Waals surface area contributed by atoms with E-state index >= 15 is 0 Å². The Balaban J connectivity index is 1.88. The Labute approximate surface area is 158 Å². The second kappa shape index (κ2) is 6.84. The van der Waals surface area contributed by atoms with Crippen molar-refractivity contribution in [3.05, 3.63) is 108 Å². The maximum Gasteiger partial charge on any atom is 0.317 e. The molecular formula is C24H20O3. The summed E-state index contributed by atoms with van der Waals surface area (Å²) >= 11 is 0. The standard InChI is InChI=1S/C24H20O3/c1-27-23(26)24(19-15-9-4-10-16-19)20(17-11-5-2-6-12-17)21(24)22(25)18-13-7-3-8-14-18/h2-16,20-21H,1H3/t20-,21+,24+/m0/s1. The quantitative estimate of drug-likeness (QED) is 0.503. The molecule has 3 aromatic rings. The molecule has 0 aliphatic heterocycles. The highest BCUT2D eigenvalue weighted by Gasteiger charge is 2.74. The topological polar surface area (TPSA) is 43.4 Å². The van der Waals surface area contributed by atoms with Crippen LogP contribution in [-0.4, -0.2) is 18.9 Å². The number of ketones is 1. The molecule has 0 amide bonds. The first-order valence-corrected chi connectivity index (χ1v) is 8.99. The fourth-order valence-corrected chi connectivity index (χ4v) is 4.26. The minimum Gasteiger partial charge on any atom is -0.468 e. The van der Waals surface area contributed by atoms with Gasteiger partial charge in [-0.2, -0.15) is 0 Å². The molecule has 3 nitrogen and oxygen atoms in total. The van der Waals surface area contributed by atoms with Crippen molar-refractivity contribution in [1.29, 1.82) is 0 Å². The molecule has 0 bridgehead atoms. The maximum absolute atomic E-state index is 13.4. The molecule has 0 unspecified atom stereocenters. The van der Waals surface area contributed by atoms with Crippen molar-refractivity contribution >= 4 is 11.8 Å². The van der Waals surface area contributed by atoms with Crippen LogP contribution in [0.3, 0.4) is 0 Å². The predicted octanol–water partition coefficient (Wildman–Crippen LogP) is 4.39. The largest absolute Gasteiger partial charge is 0.468 e. The van der Waals surface area contributed by atoms with Gasteiger partial charge in [0, 0.05) is 11.5 Å². The summed E-state index contributed by atoms with van der Waals surface area (Å²) in [7, 11) is 1.39. The second-order valence-electron chi connectivity index (χ2n) is 6.82. The minimum atomic E-state index is -0.996. The van der Waals surface area contributed by atoms with Crippen molar-refractivity contribution in [3.8, 4) is 0 Å². The summed E-state index contributed by atoms with van der Waals surface area (Å²) in [5, 5.41) is 0. The Hall–Kier alpha value is -3.20. The van der Waals surface area contributed by atoms with Crippen LogP contribution in [0.4, 0.5) is 0 Å². The molecule has 1 aliphatic rings. The summed E-state index contributed by atoms with van der Waals surface area (Å²) in [5.74, 6) is -1.13. The van der Waals surface area contributed by atoms with E-state index < -0.39 is 11.3 Å². The van der Waals surface area contributed by atoms with E-state index in [1.165, 1.54) is 7.11 Å². The molecule has 3 aromatic carbocycles. The van der Waals surface area contributed by atoms with Crippen LogP contribution in [-0.2, 0) is 14.9 Å². The van der Waals surface area contributed by atoms with E-state index in [0.29, 0.717) is 5.56 Å². The van der Waals surface area contributed by atoms with Gasteiger partial charge < -0.3 is 4.74 Å². The van der Waals surface area contributed by atoms with Crippen molar-refractivity contribution in [2.45, 2.75) is 11.3 Å². The molecule has 3 heteroatoms. The number of carbonyl (C=O) groups is 2. The lowest BCUT2D eigenvalue weighted by molar-refractivity contribution is -0.144. The molecule has 4 rings (SSSR count). The van der Waals surface area contributed by atoms with Crippen molar-refractivity contribution in [1.82, 2.24) is 0 Å². The van der Waals surface area contributed by atoms with Gasteiger partial charge in [-0.1, -0.05) is 91.0 Å². The molecule has 1 aliphatic carbocycles. The third kappa shape index (κ3) is 2.67. The third-order valence-electron chi connectivity index (χ3n) is 5.48. The number of methoxy groups -OCH3 is 1. The van der Waals surface area contributed by atoms with E-state index in [2.05, 4.69) is 0 Å². The van der Waals surface area contributed by atoms with E-state index in [1.807, 2.05) is 78.9 Å². The molecule has 0 saturated heterocycles. The molecule has 0 radical (unpaired) electrons. The van der Waals surface area contributed by atoms with E-state index in [-0.39, 0.29) is 17.7 Å². The number of carbonyl (C=O) groups excluding carboxylic acids is 2. The van der Waals surface area contributed by atoms with Gasteiger partial charge in [0.15, 0.2) is 5.78 Å². The molecule has 0 heterocycles. The number of rotatable bonds is 5. The molecular weight excluding hydrogens is 336 g/mol. The Kier molecular flexibility index (Phi) is 4.36. The Morgan fingerprint density at radius 1 is 0.778 bits per heavy atom. The zero-order valence-electron chi connectivity index (χ0n) is 15.0. The lowest BCUT2D eigenvalue weighted by Gasteiger charge is -2.16. The Morgan fingerprint density at radius 2 is 1.30 bits per heavy atom. The number of hydrogen-bond donors (Lipinski definition) is 0. The third-order valence-corrected chi connectivity index (χ3v) is 5.48. The number of benzene rings is 3. The highest BCUT2D eigenvalue weighted by Crippen LogP contribution is 2.67. The molecule has 3 atom stereocenters. The van der Waals surface area contributed by atoms with Crippen LogP contribution in [0.5, 0.6) is 0 Å². The van der Waals surface area contributed by atoms with Crippen LogP contribution in [0.25, 0.3) is 0 Å². The summed E-state index contributed by atoms with van der Waals surface area (Å²) < 4.78 is 5.21. The van der Waals surface area contributed by atoms with Gasteiger partial charge in [-0.15, -0.1) is 0 Å². The lowest BCUT2D eigenvalue weighted by Crippen LogP contribution is -2.28. The van der Waals surface area contributed by atoms with Gasteiger partial charge in [-0.05, 0) is 11.1 Å². The average Bonchev–Trinajstić information content (AvgIpc) is 3.45. The van der Waals surface area contributed by atoms with Crippen molar-refractivity contribution < 1.29 is 14.3 Å². The molecule has 1 fully saturated rings. The average molecular weight is 356 g/mol. The molecule has 0 aromatic heterocycles. The van der Waals surface area contributed by atoms with E-state index in [1.54, 1.807) is 12.1 Å². The van der Waals surface area contributed by atoms with E-state index in [4.69, 9.17) is 4.74 Å². The highest BCUT2D eigenvalue weighted by molar-refractivity contribution is 6.09. The van der Waals surface area contributed by atoms with Gasteiger partial charge >= 0.3 is 5.97 Å². The zero-order chi connectivity index (χ0) is 18.9. The molecule has 0 N–H and O–H groups in total. The van der Waals surface area contributed by atoms with Crippen molar-refractivity contribution in [3.63, 3.8) is 0 Å². The first-order valence-electron chi connectivity index (χ1n) is 8.99. The minimum absolute atomic E-state index is 0.0290. The van der Waals surface area contributed by atoms with Gasteiger partial charge in [0.05, 0.1) is 13.0 Å². The van der Waals surface area contributed by atoms with Crippen LogP contribution in [0, 0.1) is 5.92 Å². The lowest BCUT2D eigenvalue weighted by atomic mass is 9.88. The van der Waals surface area contributed by atoms with Crippen LogP contribution < -0.4 is 0 Å². The van der Waals surface area contributed by atoms with Crippen molar-refractivity contribution in [2.75, 3.05) is 7.11 Å². The first-order chi connectivity index (χ1) is 13.2. The fourth-order valence-electron chi connectivity index (χ4n) is 4.26. The number of hydrogen-bond acceptors (Lipinski definition) is 3. The second-order valence-corrected chi connectivity index (χ2v) is 6.82. The molecule has 27 heavy (non-hydrogen) atoms. The van der Waals surface area contributed by atoms with Crippen LogP contribution in [0.1, 0.15) is 27.4 Å². The number of esters is 1. The summed E-state index contributed by atoms with van der Waals surface area (Å²) in [5.41, 5.74) is 1.41. The first kappa shape index (κ1) is 17.2. The Bertz CT molecular complexity index is 951. The molecule has 1 saturated carbocycles. The Morgan fingerprint density at radius 3 is 1.85 bits per heavy atom. The molecule has 134 valence electrons. The molecule has 0 spiro atoms. The van der Waals surface area contributed by atoms with Crippen LogP contribution in [0.15, 0.2) is 91.0 Å². The summed E-state index contributed by atoms with van der Waals surface area (Å²) in [6.07, 6.45) is 0. The number of Topliss-reactive ketones (excluding diaryl/α,β-unsaturated/α-hetero) is 1. The van der Waals surface area contributed by atoms with Gasteiger partial charge in [-0.25, -0.2) is 0 Å². The number of ether oxygens (including phenoxy) is 1. The van der Waals surface area contributed by atoms with E-state index in [9.17, 15) is 9.59 Å². The highest BCUT2D eigenvalue weighted by atomic mass is 16.5.